The van der Waals surface area contributed by atoms with Gasteiger partial charge < -0.3 is 4.74 Å². The molecule has 1 unspecified atom stereocenters. The van der Waals surface area contributed by atoms with E-state index in [0.29, 0.717) is 26.3 Å². The van der Waals surface area contributed by atoms with Crippen molar-refractivity contribution in [2.45, 2.75) is 38.6 Å². The Bertz CT molecular complexity index is 355. The summed E-state index contributed by atoms with van der Waals surface area (Å²) < 4.78 is 5.30. The number of urea groups is 1. The number of carbonyl (C=O) groups excluding carboxylic acids is 2. The van der Waals surface area contributed by atoms with E-state index in [9.17, 15) is 9.59 Å². The van der Waals surface area contributed by atoms with Crippen LogP contribution in [0.2, 0.25) is 0 Å². The van der Waals surface area contributed by atoms with Crippen molar-refractivity contribution in [1.29, 1.82) is 0 Å². The Morgan fingerprint density at radius 1 is 1.32 bits per heavy atom. The monoisotopic (exact) mass is 269 g/mol. The number of hydrogen-bond acceptors (Lipinski definition) is 4. The zero-order chi connectivity index (χ0) is 13.9. The molecule has 19 heavy (non-hydrogen) atoms. The quantitative estimate of drug-likeness (QED) is 0.749. The maximum atomic E-state index is 12.0. The van der Waals surface area contributed by atoms with E-state index in [1.165, 1.54) is 0 Å². The molecule has 0 saturated carbocycles. The zero-order valence-corrected chi connectivity index (χ0v) is 11.8. The van der Waals surface area contributed by atoms with Gasteiger partial charge in [0, 0.05) is 13.1 Å². The van der Waals surface area contributed by atoms with Crippen molar-refractivity contribution >= 4 is 11.9 Å². The Labute approximate surface area is 114 Å². The maximum Gasteiger partial charge on any atom is 0.326 e. The average Bonchev–Trinajstić information content (AvgIpc) is 2.62. The zero-order valence-electron chi connectivity index (χ0n) is 11.8. The number of morpholine rings is 1. The number of ether oxygens (including phenoxy) is 1. The normalized spacial score (nSPS) is 28.8. The molecule has 0 radical (unpaired) electrons. The summed E-state index contributed by atoms with van der Waals surface area (Å²) in [6.45, 7) is 7.45. The topological polar surface area (TPSA) is 61.9 Å². The summed E-state index contributed by atoms with van der Waals surface area (Å²) >= 11 is 0. The van der Waals surface area contributed by atoms with Crippen LogP contribution in [0.25, 0.3) is 0 Å². The molecule has 0 bridgehead atoms. The highest BCUT2D eigenvalue weighted by Crippen LogP contribution is 2.27. The molecule has 0 aromatic heterocycles. The molecule has 2 saturated heterocycles. The molecule has 108 valence electrons. The first-order valence-corrected chi connectivity index (χ1v) is 7.01. The van der Waals surface area contributed by atoms with E-state index < -0.39 is 5.54 Å². The predicted molar refractivity (Wildman–Crippen MR) is 70.6 cm³/mol. The van der Waals surface area contributed by atoms with Crippen molar-refractivity contribution in [1.82, 2.24) is 15.1 Å². The van der Waals surface area contributed by atoms with Crippen molar-refractivity contribution in [3.8, 4) is 0 Å². The first-order chi connectivity index (χ1) is 9.08. The third-order valence-corrected chi connectivity index (χ3v) is 4.01. The van der Waals surface area contributed by atoms with E-state index in [1.807, 2.05) is 6.92 Å². The highest BCUT2D eigenvalue weighted by Gasteiger charge is 2.48. The largest absolute Gasteiger partial charge is 0.379 e. The summed E-state index contributed by atoms with van der Waals surface area (Å²) in [7, 11) is 0. The molecule has 2 fully saturated rings. The van der Waals surface area contributed by atoms with Gasteiger partial charge in [0.25, 0.3) is 5.91 Å². The van der Waals surface area contributed by atoms with Crippen molar-refractivity contribution in [3.63, 3.8) is 0 Å². The van der Waals surface area contributed by atoms with Crippen molar-refractivity contribution in [3.05, 3.63) is 0 Å². The van der Waals surface area contributed by atoms with E-state index in [4.69, 9.17) is 4.74 Å². The highest BCUT2D eigenvalue weighted by molar-refractivity contribution is 6.06. The SMILES string of the molecule is CCCCC1(C)C(=O)NC(=O)N1CN1CCOCC1. The van der Waals surface area contributed by atoms with E-state index in [1.54, 1.807) is 4.90 Å². The van der Waals surface area contributed by atoms with Crippen molar-refractivity contribution in [2.24, 2.45) is 0 Å². The minimum absolute atomic E-state index is 0.167. The van der Waals surface area contributed by atoms with Crippen LogP contribution in [0, 0.1) is 0 Å². The van der Waals surface area contributed by atoms with Gasteiger partial charge in [0.15, 0.2) is 0 Å². The minimum atomic E-state index is -0.703. The summed E-state index contributed by atoms with van der Waals surface area (Å²) in [5, 5.41) is 2.45. The Balaban J connectivity index is 2.05. The lowest BCUT2D eigenvalue weighted by molar-refractivity contribution is -0.127. The Morgan fingerprint density at radius 3 is 2.63 bits per heavy atom. The van der Waals surface area contributed by atoms with Crippen LogP contribution in [-0.2, 0) is 9.53 Å². The molecule has 2 heterocycles. The number of imide groups is 1. The second-order valence-corrected chi connectivity index (χ2v) is 5.44. The maximum absolute atomic E-state index is 12.0. The summed E-state index contributed by atoms with van der Waals surface area (Å²) in [5.41, 5.74) is -0.703. The molecule has 2 aliphatic heterocycles. The van der Waals surface area contributed by atoms with Gasteiger partial charge in [0.2, 0.25) is 0 Å². The fraction of sp³-hybridized carbons (Fsp3) is 0.846. The van der Waals surface area contributed by atoms with Gasteiger partial charge in [-0.2, -0.15) is 0 Å². The molecule has 1 atom stereocenters. The van der Waals surface area contributed by atoms with E-state index in [2.05, 4.69) is 17.1 Å². The van der Waals surface area contributed by atoms with Crippen LogP contribution in [0.3, 0.4) is 0 Å². The fourth-order valence-electron chi connectivity index (χ4n) is 2.58. The van der Waals surface area contributed by atoms with Gasteiger partial charge in [-0.3, -0.25) is 19.9 Å². The lowest BCUT2D eigenvalue weighted by Gasteiger charge is -2.37. The molecule has 3 amide bonds. The molecule has 2 rings (SSSR count). The first-order valence-electron chi connectivity index (χ1n) is 7.01. The van der Waals surface area contributed by atoms with E-state index in [-0.39, 0.29) is 11.9 Å². The summed E-state index contributed by atoms with van der Waals surface area (Å²) in [6.07, 6.45) is 2.67. The molecule has 2 aliphatic rings. The molecule has 1 N–H and O–H groups in total. The smallest absolute Gasteiger partial charge is 0.326 e. The third-order valence-electron chi connectivity index (χ3n) is 4.01. The number of nitrogens with one attached hydrogen (secondary N) is 1. The van der Waals surface area contributed by atoms with Crippen LogP contribution in [0.5, 0.6) is 0 Å². The van der Waals surface area contributed by atoms with Gasteiger partial charge in [-0.15, -0.1) is 0 Å². The van der Waals surface area contributed by atoms with E-state index >= 15 is 0 Å². The van der Waals surface area contributed by atoms with Crippen LogP contribution in [-0.4, -0.2) is 60.2 Å². The van der Waals surface area contributed by atoms with Crippen molar-refractivity contribution < 1.29 is 14.3 Å². The second kappa shape index (κ2) is 5.88. The van der Waals surface area contributed by atoms with Gasteiger partial charge in [-0.25, -0.2) is 4.79 Å². The number of nitrogens with zero attached hydrogens (tertiary/aromatic N) is 2. The lowest BCUT2D eigenvalue weighted by Crippen LogP contribution is -2.53. The van der Waals surface area contributed by atoms with Crippen LogP contribution in [0.15, 0.2) is 0 Å². The van der Waals surface area contributed by atoms with Crippen LogP contribution in [0.1, 0.15) is 33.1 Å². The molecule has 6 nitrogen and oxygen atoms in total. The Kier molecular flexibility index (Phi) is 4.42. The number of unbranched alkanes of at least 4 members (excludes halogenated alkanes) is 1. The van der Waals surface area contributed by atoms with Gasteiger partial charge in [-0.1, -0.05) is 19.8 Å². The fourth-order valence-corrected chi connectivity index (χ4v) is 2.58. The van der Waals surface area contributed by atoms with Gasteiger partial charge in [-0.05, 0) is 13.3 Å². The van der Waals surface area contributed by atoms with Crippen molar-refractivity contribution in [2.75, 3.05) is 33.0 Å². The molecule has 6 heteroatoms. The average molecular weight is 269 g/mol. The summed E-state index contributed by atoms with van der Waals surface area (Å²) in [6, 6.07) is -0.268. The lowest BCUT2D eigenvalue weighted by atomic mass is 9.94. The second-order valence-electron chi connectivity index (χ2n) is 5.44. The number of rotatable bonds is 5. The molecule has 0 aromatic rings. The number of hydrogen-bond donors (Lipinski definition) is 1. The third kappa shape index (κ3) is 2.90. The van der Waals surface area contributed by atoms with Gasteiger partial charge in [0.1, 0.15) is 5.54 Å². The predicted octanol–water partition coefficient (Wildman–Crippen LogP) is 0.777. The molecule has 0 aromatic carbocycles. The summed E-state index contributed by atoms with van der Waals surface area (Å²) in [5.74, 6) is -0.167. The number of carbonyl (C=O) groups is 2. The van der Waals surface area contributed by atoms with Crippen LogP contribution in [0.4, 0.5) is 4.79 Å². The highest BCUT2D eigenvalue weighted by atomic mass is 16.5. The molecular weight excluding hydrogens is 246 g/mol. The number of amides is 3. The Hall–Kier alpha value is -1.14. The van der Waals surface area contributed by atoms with Crippen LogP contribution < -0.4 is 5.32 Å². The van der Waals surface area contributed by atoms with Gasteiger partial charge >= 0.3 is 6.03 Å². The van der Waals surface area contributed by atoms with E-state index in [0.717, 1.165) is 25.9 Å². The van der Waals surface area contributed by atoms with Crippen LogP contribution >= 0.6 is 0 Å². The molecule has 0 aliphatic carbocycles. The first kappa shape index (κ1) is 14.3. The summed E-state index contributed by atoms with van der Waals surface area (Å²) in [4.78, 5) is 27.9. The molecular formula is C13H23N3O3. The Morgan fingerprint density at radius 2 is 2.00 bits per heavy atom. The standard InChI is InChI=1S/C13H23N3O3/c1-3-4-5-13(2)11(17)14-12(18)16(13)10-15-6-8-19-9-7-15/h3-10H2,1-2H3,(H,14,17,18). The van der Waals surface area contributed by atoms with Gasteiger partial charge in [0.05, 0.1) is 19.9 Å². The molecule has 0 spiro atoms. The minimum Gasteiger partial charge on any atom is -0.379 e.